The van der Waals surface area contributed by atoms with Crippen molar-refractivity contribution in [1.29, 1.82) is 0 Å². The van der Waals surface area contributed by atoms with E-state index in [1.165, 1.54) is 6.42 Å². The molecule has 2 nitrogen and oxygen atoms in total. The molecule has 0 bridgehead atoms. The van der Waals surface area contributed by atoms with Gasteiger partial charge in [-0.1, -0.05) is 41.9 Å². The molecule has 0 saturated carbocycles. The van der Waals surface area contributed by atoms with Gasteiger partial charge in [0.25, 0.3) is 0 Å². The van der Waals surface area contributed by atoms with Gasteiger partial charge in [-0.2, -0.15) is 0 Å². The average molecular weight is 324 g/mol. The second kappa shape index (κ2) is 6.67. The molecule has 0 radical (unpaired) electrons. The molecule has 1 aliphatic heterocycles. The Bertz CT molecular complexity index is 419. The van der Waals surface area contributed by atoms with Crippen LogP contribution in [0.5, 0.6) is 0 Å². The minimum absolute atomic E-state index is 0.248. The maximum Gasteiger partial charge on any atom is 0.164 e. The second-order valence-corrected chi connectivity index (χ2v) is 6.80. The van der Waals surface area contributed by atoms with Crippen LogP contribution < -0.4 is 0 Å². The van der Waals surface area contributed by atoms with Crippen LogP contribution in [0.3, 0.4) is 0 Å². The summed E-state index contributed by atoms with van der Waals surface area (Å²) in [6, 6.07) is 7.65. The van der Waals surface area contributed by atoms with E-state index in [1.807, 2.05) is 24.3 Å². The first kappa shape index (κ1) is 14.7. The van der Waals surface area contributed by atoms with E-state index in [1.54, 1.807) is 0 Å². The number of benzene rings is 1. The van der Waals surface area contributed by atoms with Crippen LogP contribution in [0.1, 0.15) is 37.0 Å². The van der Waals surface area contributed by atoms with Crippen molar-refractivity contribution in [2.45, 2.75) is 26.7 Å². The van der Waals surface area contributed by atoms with E-state index in [9.17, 15) is 4.79 Å². The molecular weight excluding hydrogens is 302 g/mol. The highest BCUT2D eigenvalue weighted by Gasteiger charge is 2.21. The molecule has 19 heavy (non-hydrogen) atoms. The van der Waals surface area contributed by atoms with E-state index in [0.717, 1.165) is 41.5 Å². The summed E-state index contributed by atoms with van der Waals surface area (Å²) in [5.74, 6) is 1.76. The highest BCUT2D eigenvalue weighted by atomic mass is 79.9. The number of hydrogen-bond acceptors (Lipinski definition) is 2. The number of carbonyl (C=O) groups excluding carboxylic acids is 1. The van der Waals surface area contributed by atoms with Gasteiger partial charge in [-0.3, -0.25) is 4.79 Å². The number of ketones is 1. The Morgan fingerprint density at radius 1 is 1.21 bits per heavy atom. The fourth-order valence-corrected chi connectivity index (χ4v) is 3.28. The van der Waals surface area contributed by atoms with Crippen LogP contribution in [0.15, 0.2) is 28.7 Å². The molecule has 0 aliphatic carbocycles. The predicted octanol–water partition coefficient (Wildman–Crippen LogP) is 4.00. The lowest BCUT2D eigenvalue weighted by Crippen LogP contribution is -2.39. The van der Waals surface area contributed by atoms with Crippen LogP contribution in [0.4, 0.5) is 0 Å². The van der Waals surface area contributed by atoms with Crippen molar-refractivity contribution >= 4 is 21.7 Å². The molecule has 1 fully saturated rings. The highest BCUT2D eigenvalue weighted by Crippen LogP contribution is 2.21. The summed E-state index contributed by atoms with van der Waals surface area (Å²) >= 11 is 3.39. The van der Waals surface area contributed by atoms with Crippen LogP contribution in [0.25, 0.3) is 0 Å². The van der Waals surface area contributed by atoms with Crippen molar-refractivity contribution in [3.05, 3.63) is 34.3 Å². The minimum atomic E-state index is 0.248. The Labute approximate surface area is 124 Å². The van der Waals surface area contributed by atoms with E-state index in [2.05, 4.69) is 34.7 Å². The van der Waals surface area contributed by atoms with Crippen molar-refractivity contribution in [1.82, 2.24) is 4.90 Å². The molecule has 1 aromatic rings. The summed E-state index contributed by atoms with van der Waals surface area (Å²) in [6.45, 7) is 7.78. The van der Waals surface area contributed by atoms with Gasteiger partial charge in [-0.25, -0.2) is 0 Å². The average Bonchev–Trinajstić information content (AvgIpc) is 2.36. The summed E-state index contributed by atoms with van der Waals surface area (Å²) in [4.78, 5) is 14.6. The summed E-state index contributed by atoms with van der Waals surface area (Å²) in [5, 5.41) is 0. The number of carbonyl (C=O) groups is 1. The Balaban J connectivity index is 1.84. The number of likely N-dealkylation sites (tertiary alicyclic amines) is 1. The third-order valence-electron chi connectivity index (χ3n) is 3.77. The molecule has 1 saturated heterocycles. The molecule has 1 heterocycles. The van der Waals surface area contributed by atoms with Gasteiger partial charge in [-0.05, 0) is 30.4 Å². The number of piperidine rings is 1. The van der Waals surface area contributed by atoms with Crippen molar-refractivity contribution in [2.24, 2.45) is 11.8 Å². The predicted molar refractivity (Wildman–Crippen MR) is 82.5 cm³/mol. The molecule has 0 spiro atoms. The van der Waals surface area contributed by atoms with Gasteiger partial charge < -0.3 is 4.90 Å². The normalized spacial score (nSPS) is 24.4. The number of hydrogen-bond donors (Lipinski definition) is 0. The second-order valence-electron chi connectivity index (χ2n) is 5.89. The largest absolute Gasteiger partial charge is 0.302 e. The zero-order valence-electron chi connectivity index (χ0n) is 11.7. The maximum atomic E-state index is 12.1. The Morgan fingerprint density at radius 2 is 1.79 bits per heavy atom. The molecule has 2 unspecified atom stereocenters. The van der Waals surface area contributed by atoms with Gasteiger partial charge in [0.2, 0.25) is 0 Å². The van der Waals surface area contributed by atoms with Crippen molar-refractivity contribution in [2.75, 3.05) is 19.6 Å². The van der Waals surface area contributed by atoms with Crippen molar-refractivity contribution < 1.29 is 4.79 Å². The van der Waals surface area contributed by atoms with Gasteiger partial charge in [0.15, 0.2) is 5.78 Å². The molecule has 2 atom stereocenters. The summed E-state index contributed by atoms with van der Waals surface area (Å²) in [6.07, 6.45) is 1.94. The Morgan fingerprint density at radius 3 is 2.37 bits per heavy atom. The number of halogens is 1. The molecule has 0 amide bonds. The van der Waals surface area contributed by atoms with E-state index in [0.29, 0.717) is 6.42 Å². The molecule has 1 aliphatic rings. The van der Waals surface area contributed by atoms with Crippen LogP contribution in [0, 0.1) is 11.8 Å². The third-order valence-corrected chi connectivity index (χ3v) is 4.29. The lowest BCUT2D eigenvalue weighted by atomic mass is 9.91. The standard InChI is InChI=1S/C16H22BrNO/c1-12-9-13(2)11-18(10-12)8-7-16(19)14-3-5-15(17)6-4-14/h3-6,12-13H,7-11H2,1-2H3. The first-order valence-corrected chi connectivity index (χ1v) is 7.85. The molecule has 104 valence electrons. The van der Waals surface area contributed by atoms with E-state index >= 15 is 0 Å². The van der Waals surface area contributed by atoms with Gasteiger partial charge in [0, 0.05) is 36.1 Å². The van der Waals surface area contributed by atoms with E-state index < -0.39 is 0 Å². The van der Waals surface area contributed by atoms with E-state index in [-0.39, 0.29) is 5.78 Å². The fraction of sp³-hybridized carbons (Fsp3) is 0.562. The monoisotopic (exact) mass is 323 g/mol. The SMILES string of the molecule is CC1CC(C)CN(CCC(=O)c2ccc(Br)cc2)C1. The smallest absolute Gasteiger partial charge is 0.164 e. The maximum absolute atomic E-state index is 12.1. The zero-order chi connectivity index (χ0) is 13.8. The minimum Gasteiger partial charge on any atom is -0.302 e. The lowest BCUT2D eigenvalue weighted by Gasteiger charge is -2.34. The van der Waals surface area contributed by atoms with Crippen molar-refractivity contribution in [3.63, 3.8) is 0 Å². The van der Waals surface area contributed by atoms with Crippen LogP contribution >= 0.6 is 15.9 Å². The highest BCUT2D eigenvalue weighted by molar-refractivity contribution is 9.10. The molecule has 2 rings (SSSR count). The summed E-state index contributed by atoms with van der Waals surface area (Å²) < 4.78 is 1.02. The molecular formula is C16H22BrNO. The molecule has 0 aromatic heterocycles. The fourth-order valence-electron chi connectivity index (χ4n) is 3.01. The van der Waals surface area contributed by atoms with Crippen LogP contribution in [-0.2, 0) is 0 Å². The number of Topliss-reactive ketones (excluding diaryl/α,β-unsaturated/α-hetero) is 1. The summed E-state index contributed by atoms with van der Waals surface area (Å²) in [7, 11) is 0. The molecule has 1 aromatic carbocycles. The quantitative estimate of drug-likeness (QED) is 0.780. The lowest BCUT2D eigenvalue weighted by molar-refractivity contribution is 0.0926. The Hall–Kier alpha value is -0.670. The van der Waals surface area contributed by atoms with E-state index in [4.69, 9.17) is 0 Å². The van der Waals surface area contributed by atoms with Gasteiger partial charge in [0.05, 0.1) is 0 Å². The van der Waals surface area contributed by atoms with Crippen LogP contribution in [0.2, 0.25) is 0 Å². The first-order chi connectivity index (χ1) is 9.04. The number of nitrogens with zero attached hydrogens (tertiary/aromatic N) is 1. The van der Waals surface area contributed by atoms with Crippen molar-refractivity contribution in [3.8, 4) is 0 Å². The molecule has 3 heteroatoms. The van der Waals surface area contributed by atoms with Gasteiger partial charge in [0.1, 0.15) is 0 Å². The number of rotatable bonds is 4. The van der Waals surface area contributed by atoms with Gasteiger partial charge >= 0.3 is 0 Å². The Kier molecular flexibility index (Phi) is 5.17. The van der Waals surface area contributed by atoms with Gasteiger partial charge in [-0.15, -0.1) is 0 Å². The molecule has 0 N–H and O–H groups in total. The topological polar surface area (TPSA) is 20.3 Å². The van der Waals surface area contributed by atoms with Crippen LogP contribution in [-0.4, -0.2) is 30.3 Å². The first-order valence-electron chi connectivity index (χ1n) is 7.05. The summed E-state index contributed by atoms with van der Waals surface area (Å²) in [5.41, 5.74) is 0.821. The third kappa shape index (κ3) is 4.43. The zero-order valence-corrected chi connectivity index (χ0v) is 13.3.